The number of phenols is 1. The molecule has 5 nitrogen and oxygen atoms in total. The van der Waals surface area contributed by atoms with E-state index in [1.807, 2.05) is 35.7 Å². The molecular weight excluding hydrogens is 498 g/mol. The van der Waals surface area contributed by atoms with Crippen LogP contribution >= 0.6 is 27.7 Å². The van der Waals surface area contributed by atoms with Crippen molar-refractivity contribution in [2.45, 2.75) is 46.1 Å². The van der Waals surface area contributed by atoms with Gasteiger partial charge in [-0.05, 0) is 94.6 Å². The van der Waals surface area contributed by atoms with Crippen LogP contribution in [0.5, 0.6) is 5.75 Å². The molecule has 3 aliphatic rings. The maximum absolute atomic E-state index is 11.7. The van der Waals surface area contributed by atoms with Gasteiger partial charge in [-0.15, -0.1) is 13.2 Å². The second kappa shape index (κ2) is 13.6. The molecule has 0 radical (unpaired) electrons. The molecule has 4 rings (SSSR count). The Morgan fingerprint density at radius 2 is 1.82 bits per heavy atom. The molecule has 1 amide bonds. The standard InChI is InChI=1S/C21H24BrN3O2.C2H6S.C2H4.CH4/c1-12(26)25-6-4-13(5-7-25)20-17-10-18(23)19(27)9-14(17)2-3-15-8-16(22)11-24-21(15)20;1-3-2;1-2;/h8-11,21,24,27H,2-7,23H2,1H3;1-2H3;1-2H2;1H4. The van der Waals surface area contributed by atoms with Crippen LogP contribution in [0, 0.1) is 0 Å². The van der Waals surface area contributed by atoms with Crippen LogP contribution in [-0.2, 0) is 11.2 Å². The van der Waals surface area contributed by atoms with Gasteiger partial charge in [0.2, 0.25) is 5.91 Å². The lowest BCUT2D eigenvalue weighted by atomic mass is 9.84. The van der Waals surface area contributed by atoms with Gasteiger partial charge in [-0.25, -0.2) is 0 Å². The van der Waals surface area contributed by atoms with Gasteiger partial charge in [0.25, 0.3) is 0 Å². The number of aryl methyl sites for hydroxylation is 1. The van der Waals surface area contributed by atoms with Crippen molar-refractivity contribution in [2.24, 2.45) is 0 Å². The summed E-state index contributed by atoms with van der Waals surface area (Å²) in [6.07, 6.45) is 11.8. The predicted molar refractivity (Wildman–Crippen MR) is 149 cm³/mol. The third kappa shape index (κ3) is 6.93. The van der Waals surface area contributed by atoms with Gasteiger partial charge in [0.1, 0.15) is 5.75 Å². The number of phenolic OH excluding ortho intramolecular Hbond substituents is 1. The number of nitrogens with two attached hydrogens (primary N) is 1. The first-order valence-corrected chi connectivity index (χ1v) is 13.1. The van der Waals surface area contributed by atoms with Crippen molar-refractivity contribution in [1.29, 1.82) is 0 Å². The smallest absolute Gasteiger partial charge is 0.219 e. The highest BCUT2D eigenvalue weighted by atomic mass is 79.9. The Balaban J connectivity index is 0.000000841. The number of nitrogens with zero attached hydrogens (tertiary/aromatic N) is 1. The number of carbonyl (C=O) groups excluding carboxylic acids is 1. The first-order valence-electron chi connectivity index (χ1n) is 10.7. The molecule has 33 heavy (non-hydrogen) atoms. The molecule has 0 bridgehead atoms. The summed E-state index contributed by atoms with van der Waals surface area (Å²) >= 11 is 5.33. The number of aromatic hydroxyl groups is 1. The molecule has 2 heterocycles. The first kappa shape index (κ1) is 28.9. The second-order valence-electron chi connectivity index (χ2n) is 7.85. The van der Waals surface area contributed by atoms with E-state index in [2.05, 4.69) is 40.5 Å². The van der Waals surface area contributed by atoms with Crippen molar-refractivity contribution in [1.82, 2.24) is 10.2 Å². The van der Waals surface area contributed by atoms with Crippen LogP contribution in [0.4, 0.5) is 5.69 Å². The fourth-order valence-electron chi connectivity index (χ4n) is 4.35. The number of carbonyl (C=O) groups is 1. The predicted octanol–water partition coefficient (Wildman–Crippen LogP) is 5.87. The average molecular weight is 537 g/mol. The number of benzene rings is 1. The summed E-state index contributed by atoms with van der Waals surface area (Å²) in [4.78, 5) is 13.6. The Hall–Kier alpha value is -2.12. The van der Waals surface area contributed by atoms with Crippen molar-refractivity contribution in [3.05, 3.63) is 64.3 Å². The van der Waals surface area contributed by atoms with Crippen LogP contribution in [0.3, 0.4) is 0 Å². The van der Waals surface area contributed by atoms with Crippen LogP contribution in [0.1, 0.15) is 44.7 Å². The van der Waals surface area contributed by atoms with Crippen LogP contribution in [0.2, 0.25) is 0 Å². The van der Waals surface area contributed by atoms with E-state index in [4.69, 9.17) is 5.73 Å². The molecule has 1 aromatic carbocycles. The Labute approximate surface area is 212 Å². The van der Waals surface area contributed by atoms with Gasteiger partial charge in [0.05, 0.1) is 11.7 Å². The number of halogens is 1. The molecular formula is C26H38BrN3O2S. The summed E-state index contributed by atoms with van der Waals surface area (Å²) in [6.45, 7) is 9.14. The fraction of sp³-hybridized carbons (Fsp3) is 0.423. The third-order valence-electron chi connectivity index (χ3n) is 5.79. The van der Waals surface area contributed by atoms with Gasteiger partial charge in [0.15, 0.2) is 0 Å². The van der Waals surface area contributed by atoms with E-state index in [1.54, 1.807) is 18.7 Å². The number of thioether (sulfide) groups is 1. The first-order chi connectivity index (χ1) is 15.3. The Kier molecular flexibility index (Phi) is 11.9. The molecule has 1 fully saturated rings. The summed E-state index contributed by atoms with van der Waals surface area (Å²) in [5, 5.41) is 13.7. The molecule has 1 aliphatic carbocycles. The number of nitrogen functional groups attached to an aromatic ring is 1. The zero-order chi connectivity index (χ0) is 23.8. The largest absolute Gasteiger partial charge is 0.506 e. The van der Waals surface area contributed by atoms with E-state index in [0.717, 1.165) is 54.4 Å². The number of amides is 1. The molecule has 4 N–H and O–H groups in total. The minimum atomic E-state index is 0. The lowest BCUT2D eigenvalue weighted by Crippen LogP contribution is -2.36. The SMILES string of the molecule is C.C=C.CC(=O)N1CCC(=C2c3cc(N)c(O)cc3CCC3=CC(Br)=CNC32)CC1.CSC. The van der Waals surface area contributed by atoms with Crippen LogP contribution < -0.4 is 11.1 Å². The number of likely N-dealkylation sites (tertiary alicyclic amines) is 1. The number of hydrogen-bond acceptors (Lipinski definition) is 5. The number of piperidine rings is 1. The van der Waals surface area contributed by atoms with E-state index >= 15 is 0 Å². The average Bonchev–Trinajstić information content (AvgIpc) is 2.92. The number of anilines is 1. The van der Waals surface area contributed by atoms with Crippen molar-refractivity contribution in [3.63, 3.8) is 0 Å². The number of rotatable bonds is 0. The van der Waals surface area contributed by atoms with Crippen molar-refractivity contribution >= 4 is 44.9 Å². The minimum absolute atomic E-state index is 0. The second-order valence-corrected chi connectivity index (χ2v) is 9.58. The highest BCUT2D eigenvalue weighted by molar-refractivity contribution is 9.11. The Bertz CT molecular complexity index is 930. The van der Waals surface area contributed by atoms with E-state index in [9.17, 15) is 9.90 Å². The van der Waals surface area contributed by atoms with Crippen molar-refractivity contribution in [2.75, 3.05) is 31.3 Å². The van der Waals surface area contributed by atoms with Gasteiger partial charge >= 0.3 is 0 Å². The minimum Gasteiger partial charge on any atom is -0.506 e. The molecule has 1 aromatic rings. The molecule has 182 valence electrons. The maximum atomic E-state index is 11.7. The normalized spacial score (nSPS) is 18.8. The van der Waals surface area contributed by atoms with Crippen LogP contribution in [-0.4, -0.2) is 47.6 Å². The zero-order valence-corrected chi connectivity index (χ0v) is 21.6. The molecule has 7 heteroatoms. The summed E-state index contributed by atoms with van der Waals surface area (Å²) in [6, 6.07) is 3.84. The molecule has 0 spiro atoms. The van der Waals surface area contributed by atoms with Crippen LogP contribution in [0.25, 0.3) is 5.57 Å². The van der Waals surface area contributed by atoms with Gasteiger partial charge in [-0.3, -0.25) is 4.79 Å². The molecule has 1 unspecified atom stereocenters. The highest BCUT2D eigenvalue weighted by Crippen LogP contribution is 2.42. The topological polar surface area (TPSA) is 78.6 Å². The van der Waals surface area contributed by atoms with Crippen LogP contribution in [0.15, 0.2) is 53.2 Å². The zero-order valence-electron chi connectivity index (χ0n) is 19.2. The Morgan fingerprint density at radius 3 is 2.39 bits per heavy atom. The van der Waals surface area contributed by atoms with E-state index in [1.165, 1.54) is 16.7 Å². The van der Waals surface area contributed by atoms with Gasteiger partial charge in [0, 0.05) is 30.7 Å². The summed E-state index contributed by atoms with van der Waals surface area (Å²) in [5.74, 6) is 0.285. The van der Waals surface area contributed by atoms with Gasteiger partial charge < -0.3 is 21.1 Å². The monoisotopic (exact) mass is 535 g/mol. The summed E-state index contributed by atoms with van der Waals surface area (Å²) in [7, 11) is 0. The number of nitrogens with one attached hydrogen (secondary N) is 1. The Morgan fingerprint density at radius 1 is 1.21 bits per heavy atom. The van der Waals surface area contributed by atoms with E-state index in [0.29, 0.717) is 5.69 Å². The number of fused-ring (bicyclic) bond motifs is 2. The van der Waals surface area contributed by atoms with Gasteiger partial charge in [-0.2, -0.15) is 11.8 Å². The van der Waals surface area contributed by atoms with E-state index < -0.39 is 0 Å². The third-order valence-corrected chi connectivity index (χ3v) is 6.25. The lowest BCUT2D eigenvalue weighted by molar-refractivity contribution is -0.129. The maximum Gasteiger partial charge on any atom is 0.219 e. The molecule has 1 atom stereocenters. The summed E-state index contributed by atoms with van der Waals surface area (Å²) in [5.41, 5.74) is 12.7. The molecule has 0 aromatic heterocycles. The lowest BCUT2D eigenvalue weighted by Gasteiger charge is -2.33. The van der Waals surface area contributed by atoms with E-state index in [-0.39, 0.29) is 25.1 Å². The van der Waals surface area contributed by atoms with Crippen molar-refractivity contribution in [3.8, 4) is 5.75 Å². The molecule has 1 saturated heterocycles. The molecule has 2 aliphatic heterocycles. The fourth-order valence-corrected chi connectivity index (χ4v) is 4.78. The summed E-state index contributed by atoms with van der Waals surface area (Å²) < 4.78 is 1.04. The quantitative estimate of drug-likeness (QED) is 0.220. The number of allylic oxidation sites excluding steroid dienone is 2. The van der Waals surface area contributed by atoms with Crippen molar-refractivity contribution < 1.29 is 9.90 Å². The highest BCUT2D eigenvalue weighted by Gasteiger charge is 2.31. The molecule has 0 saturated carbocycles. The number of hydrogen-bond donors (Lipinski definition) is 3. The van der Waals surface area contributed by atoms with Gasteiger partial charge in [-0.1, -0.05) is 13.0 Å². The number of dihydropyridines is 1.